The number of methoxy groups -OCH3 is 1. The van der Waals surface area contributed by atoms with Gasteiger partial charge in [0.05, 0.1) is 12.8 Å². The highest BCUT2D eigenvalue weighted by atomic mass is 16.5. The van der Waals surface area contributed by atoms with Gasteiger partial charge in [-0.05, 0) is 16.5 Å². The Balaban J connectivity index is 2.10. The van der Waals surface area contributed by atoms with Gasteiger partial charge in [0.2, 0.25) is 5.88 Å². The van der Waals surface area contributed by atoms with E-state index in [0.29, 0.717) is 18.0 Å². The second-order valence-corrected chi connectivity index (χ2v) is 6.15. The average Bonchev–Trinajstić information content (AvgIpc) is 2.47. The number of aliphatic hydroxyl groups excluding tert-OH is 1. The lowest BCUT2D eigenvalue weighted by molar-refractivity contribution is 0.172. The maximum Gasteiger partial charge on any atom is 0.216 e. The van der Waals surface area contributed by atoms with Crippen molar-refractivity contribution >= 4 is 0 Å². The Hall–Kier alpha value is -1.94. The largest absolute Gasteiger partial charge is 0.481 e. The molecule has 0 aliphatic carbocycles. The lowest BCUT2D eigenvalue weighted by Crippen LogP contribution is -2.11. The van der Waals surface area contributed by atoms with Gasteiger partial charge in [-0.25, -0.2) is 9.97 Å². The number of rotatable bonds is 4. The Bertz CT molecular complexity index is 588. The minimum atomic E-state index is -0.664. The van der Waals surface area contributed by atoms with E-state index in [2.05, 4.69) is 55.0 Å². The lowest BCUT2D eigenvalue weighted by Gasteiger charge is -2.19. The van der Waals surface area contributed by atoms with Crippen LogP contribution in [0.1, 0.15) is 43.7 Å². The highest BCUT2D eigenvalue weighted by Crippen LogP contribution is 2.24. The second kappa shape index (κ2) is 6.22. The number of ether oxygens (including phenoxy) is 1. The van der Waals surface area contributed by atoms with Gasteiger partial charge in [-0.15, -0.1) is 0 Å². The molecule has 1 unspecified atom stereocenters. The van der Waals surface area contributed by atoms with Crippen LogP contribution in [-0.2, 0) is 11.8 Å². The van der Waals surface area contributed by atoms with E-state index in [1.54, 1.807) is 13.2 Å². The van der Waals surface area contributed by atoms with E-state index in [-0.39, 0.29) is 5.41 Å². The molecule has 0 saturated carbocycles. The first-order chi connectivity index (χ1) is 9.90. The zero-order valence-electron chi connectivity index (χ0n) is 13.0. The molecular weight excluding hydrogens is 264 g/mol. The Kier molecular flexibility index (Phi) is 4.58. The van der Waals surface area contributed by atoms with Crippen LogP contribution in [0.2, 0.25) is 0 Å². The van der Waals surface area contributed by atoms with Gasteiger partial charge in [0.1, 0.15) is 12.4 Å². The molecule has 21 heavy (non-hydrogen) atoms. The zero-order valence-corrected chi connectivity index (χ0v) is 13.0. The van der Waals surface area contributed by atoms with Crippen molar-refractivity contribution < 1.29 is 9.84 Å². The first-order valence-electron chi connectivity index (χ1n) is 7.03. The van der Waals surface area contributed by atoms with Gasteiger partial charge in [0, 0.05) is 12.5 Å². The molecule has 0 spiro atoms. The quantitative estimate of drug-likeness (QED) is 0.938. The summed E-state index contributed by atoms with van der Waals surface area (Å²) in [6.07, 6.45) is 1.26. The molecule has 2 rings (SSSR count). The molecule has 4 heteroatoms. The fraction of sp³-hybridized carbons (Fsp3) is 0.412. The normalized spacial score (nSPS) is 13.0. The van der Waals surface area contributed by atoms with E-state index in [9.17, 15) is 5.11 Å². The highest BCUT2D eigenvalue weighted by molar-refractivity contribution is 5.28. The average molecular weight is 286 g/mol. The smallest absolute Gasteiger partial charge is 0.216 e. The monoisotopic (exact) mass is 286 g/mol. The molecule has 0 aliphatic heterocycles. The van der Waals surface area contributed by atoms with Crippen molar-refractivity contribution in [1.29, 1.82) is 0 Å². The molecule has 0 aliphatic rings. The third-order valence-corrected chi connectivity index (χ3v) is 3.46. The van der Waals surface area contributed by atoms with Crippen molar-refractivity contribution in [3.8, 4) is 5.88 Å². The topological polar surface area (TPSA) is 55.2 Å². The molecule has 0 bridgehead atoms. The molecule has 1 aromatic carbocycles. The predicted molar refractivity (Wildman–Crippen MR) is 82.4 cm³/mol. The molecule has 112 valence electrons. The molecule has 1 heterocycles. The Morgan fingerprint density at radius 3 is 2.38 bits per heavy atom. The minimum absolute atomic E-state index is 0.136. The molecule has 4 nitrogen and oxygen atoms in total. The molecule has 1 N–H and O–H groups in total. The minimum Gasteiger partial charge on any atom is -0.481 e. The predicted octanol–water partition coefficient (Wildman–Crippen LogP) is 3.06. The first kappa shape index (κ1) is 15.4. The summed E-state index contributed by atoms with van der Waals surface area (Å²) < 4.78 is 5.05. The Morgan fingerprint density at radius 2 is 1.81 bits per heavy atom. The van der Waals surface area contributed by atoms with Gasteiger partial charge < -0.3 is 9.84 Å². The van der Waals surface area contributed by atoms with E-state index in [1.165, 1.54) is 11.9 Å². The molecule has 0 radical (unpaired) electrons. The van der Waals surface area contributed by atoms with Gasteiger partial charge in [-0.2, -0.15) is 0 Å². The van der Waals surface area contributed by atoms with Crippen LogP contribution < -0.4 is 4.74 Å². The summed E-state index contributed by atoms with van der Waals surface area (Å²) in [6, 6.07) is 10.0. The molecule has 0 amide bonds. The summed E-state index contributed by atoms with van der Waals surface area (Å²) in [7, 11) is 1.55. The molecule has 2 aromatic rings. The zero-order chi connectivity index (χ0) is 15.5. The van der Waals surface area contributed by atoms with Crippen LogP contribution in [0.4, 0.5) is 0 Å². The second-order valence-electron chi connectivity index (χ2n) is 6.15. The highest BCUT2D eigenvalue weighted by Gasteiger charge is 2.15. The Labute approximate surface area is 125 Å². The van der Waals surface area contributed by atoms with E-state index >= 15 is 0 Å². The van der Waals surface area contributed by atoms with E-state index in [1.807, 2.05) is 0 Å². The van der Waals surface area contributed by atoms with Crippen LogP contribution in [0.25, 0.3) is 0 Å². The fourth-order valence-electron chi connectivity index (χ4n) is 2.12. The lowest BCUT2D eigenvalue weighted by atomic mass is 9.86. The number of aliphatic hydroxyl groups is 1. The van der Waals surface area contributed by atoms with E-state index in [0.717, 1.165) is 5.56 Å². The third kappa shape index (κ3) is 4.02. The van der Waals surface area contributed by atoms with Crippen molar-refractivity contribution in [2.75, 3.05) is 7.11 Å². The molecule has 0 fully saturated rings. The number of hydrogen-bond donors (Lipinski definition) is 1. The van der Waals surface area contributed by atoms with Gasteiger partial charge in [0.15, 0.2) is 0 Å². The van der Waals surface area contributed by atoms with Crippen molar-refractivity contribution in [2.45, 2.75) is 38.7 Å². The van der Waals surface area contributed by atoms with E-state index in [4.69, 9.17) is 4.74 Å². The summed E-state index contributed by atoms with van der Waals surface area (Å²) in [5.74, 6) is 0.460. The Morgan fingerprint density at radius 1 is 1.14 bits per heavy atom. The van der Waals surface area contributed by atoms with Gasteiger partial charge in [-0.3, -0.25) is 0 Å². The molecule has 1 atom stereocenters. The standard InChI is InChI=1S/C17H22N2O2/c1-17(2,3)13-7-5-12(6-8-13)9-15(20)14-10-16(21-4)19-11-18-14/h5-8,10-11,15,20H,9H2,1-4H3. The van der Waals surface area contributed by atoms with Crippen LogP contribution in [-0.4, -0.2) is 22.2 Å². The van der Waals surface area contributed by atoms with Gasteiger partial charge in [-0.1, -0.05) is 45.0 Å². The van der Waals surface area contributed by atoms with Crippen LogP contribution in [0.5, 0.6) is 5.88 Å². The number of aromatic nitrogens is 2. The van der Waals surface area contributed by atoms with Crippen LogP contribution in [0.3, 0.4) is 0 Å². The number of hydrogen-bond acceptors (Lipinski definition) is 4. The third-order valence-electron chi connectivity index (χ3n) is 3.46. The first-order valence-corrected chi connectivity index (χ1v) is 7.03. The van der Waals surface area contributed by atoms with Crippen LogP contribution in [0, 0.1) is 0 Å². The number of benzene rings is 1. The van der Waals surface area contributed by atoms with Crippen LogP contribution >= 0.6 is 0 Å². The van der Waals surface area contributed by atoms with Crippen molar-refractivity contribution in [3.63, 3.8) is 0 Å². The molecule has 1 aromatic heterocycles. The summed E-state index contributed by atoms with van der Waals surface area (Å²) >= 11 is 0. The van der Waals surface area contributed by atoms with E-state index < -0.39 is 6.10 Å². The summed E-state index contributed by atoms with van der Waals surface area (Å²) in [5, 5.41) is 10.3. The molecular formula is C17H22N2O2. The number of nitrogens with zero attached hydrogens (tertiary/aromatic N) is 2. The molecule has 0 saturated heterocycles. The van der Waals surface area contributed by atoms with Crippen molar-refractivity contribution in [2.24, 2.45) is 0 Å². The van der Waals surface area contributed by atoms with Gasteiger partial charge >= 0.3 is 0 Å². The van der Waals surface area contributed by atoms with Crippen LogP contribution in [0.15, 0.2) is 36.7 Å². The maximum absolute atomic E-state index is 10.3. The SMILES string of the molecule is COc1cc(C(O)Cc2ccc(C(C)(C)C)cc2)ncn1. The summed E-state index contributed by atoms with van der Waals surface area (Å²) in [6.45, 7) is 6.55. The van der Waals surface area contributed by atoms with Crippen molar-refractivity contribution in [1.82, 2.24) is 9.97 Å². The summed E-state index contributed by atoms with van der Waals surface area (Å²) in [4.78, 5) is 8.04. The fourth-order valence-corrected chi connectivity index (χ4v) is 2.12. The summed E-state index contributed by atoms with van der Waals surface area (Å²) in [5.41, 5.74) is 3.07. The maximum atomic E-state index is 10.3. The van der Waals surface area contributed by atoms with Crippen molar-refractivity contribution in [3.05, 3.63) is 53.5 Å². The van der Waals surface area contributed by atoms with Gasteiger partial charge in [0.25, 0.3) is 0 Å².